The maximum atomic E-state index is 13.0. The number of phenolic OH excluding ortho intramolecular Hbond substituents is 1. The number of aromatic hydroxyl groups is 1. The minimum absolute atomic E-state index is 0.0998. The van der Waals surface area contributed by atoms with E-state index in [1.165, 1.54) is 18.2 Å². The number of alkyl halides is 2. The third-order valence-corrected chi connectivity index (χ3v) is 2.49. The van der Waals surface area contributed by atoms with Gasteiger partial charge in [0.05, 0.1) is 0 Å². The second-order valence-electron chi connectivity index (χ2n) is 3.10. The summed E-state index contributed by atoms with van der Waals surface area (Å²) in [5.74, 6) is -3.78. The molecular formula is C9H10BrF2NO2. The molecule has 0 unspecified atom stereocenters. The first-order valence-corrected chi connectivity index (χ1v) is 4.90. The van der Waals surface area contributed by atoms with Crippen molar-refractivity contribution in [2.75, 3.05) is 6.61 Å². The van der Waals surface area contributed by atoms with Crippen LogP contribution in [0.3, 0.4) is 0 Å². The van der Waals surface area contributed by atoms with Crippen LogP contribution in [0.15, 0.2) is 22.7 Å². The molecule has 0 aliphatic heterocycles. The molecule has 0 radical (unpaired) electrons. The van der Waals surface area contributed by atoms with Crippen LogP contribution in [0.5, 0.6) is 5.75 Å². The van der Waals surface area contributed by atoms with Crippen LogP contribution in [0.25, 0.3) is 0 Å². The zero-order valence-electron chi connectivity index (χ0n) is 7.62. The molecule has 0 amide bonds. The first-order chi connectivity index (χ1) is 6.88. The van der Waals surface area contributed by atoms with Crippen LogP contribution in [0, 0.1) is 0 Å². The van der Waals surface area contributed by atoms with Crippen LogP contribution in [0.2, 0.25) is 0 Å². The Bertz CT molecular complexity index is 360. The molecule has 0 aliphatic carbocycles. The molecule has 3 nitrogen and oxygen atoms in total. The summed E-state index contributed by atoms with van der Waals surface area (Å²) in [4.78, 5) is 0. The van der Waals surface area contributed by atoms with Crippen LogP contribution in [-0.4, -0.2) is 22.7 Å². The molecule has 1 rings (SSSR count). The van der Waals surface area contributed by atoms with E-state index in [9.17, 15) is 13.9 Å². The van der Waals surface area contributed by atoms with Crippen molar-refractivity contribution >= 4 is 15.9 Å². The molecule has 1 atom stereocenters. The fourth-order valence-corrected chi connectivity index (χ4v) is 1.45. The summed E-state index contributed by atoms with van der Waals surface area (Å²) in [6, 6.07) is 2.31. The van der Waals surface area contributed by atoms with Gasteiger partial charge in [-0.05, 0) is 12.1 Å². The zero-order chi connectivity index (χ0) is 11.6. The summed E-state index contributed by atoms with van der Waals surface area (Å²) in [5.41, 5.74) is 5.15. The van der Waals surface area contributed by atoms with Crippen molar-refractivity contribution in [3.05, 3.63) is 28.2 Å². The van der Waals surface area contributed by atoms with Gasteiger partial charge in [-0.2, -0.15) is 0 Å². The van der Waals surface area contributed by atoms with E-state index in [0.717, 1.165) is 0 Å². The Balaban J connectivity index is 3.06. The molecule has 6 heteroatoms. The summed E-state index contributed by atoms with van der Waals surface area (Å²) in [7, 11) is 0. The lowest BCUT2D eigenvalue weighted by Gasteiger charge is -2.22. The van der Waals surface area contributed by atoms with E-state index in [4.69, 9.17) is 10.8 Å². The summed E-state index contributed by atoms with van der Waals surface area (Å²) in [6.45, 7) is -1.36. The highest BCUT2D eigenvalue weighted by Crippen LogP contribution is 2.34. The highest BCUT2D eigenvalue weighted by atomic mass is 79.9. The lowest BCUT2D eigenvalue weighted by Crippen LogP contribution is -2.36. The van der Waals surface area contributed by atoms with E-state index < -0.39 is 18.6 Å². The molecule has 0 saturated heterocycles. The number of aliphatic hydroxyl groups excluding tert-OH is 1. The normalized spacial score (nSPS) is 13.9. The number of phenols is 1. The number of hydrogen-bond donors (Lipinski definition) is 3. The van der Waals surface area contributed by atoms with Crippen molar-refractivity contribution < 1.29 is 19.0 Å². The van der Waals surface area contributed by atoms with Crippen molar-refractivity contribution in [1.29, 1.82) is 0 Å². The fraction of sp³-hybridized carbons (Fsp3) is 0.333. The van der Waals surface area contributed by atoms with Gasteiger partial charge >= 0.3 is 0 Å². The Morgan fingerprint density at radius 3 is 2.53 bits per heavy atom. The van der Waals surface area contributed by atoms with Gasteiger partial charge in [0.1, 0.15) is 18.4 Å². The second-order valence-corrected chi connectivity index (χ2v) is 4.02. The molecule has 0 bridgehead atoms. The van der Waals surface area contributed by atoms with Crippen LogP contribution in [-0.2, 0) is 0 Å². The molecule has 0 saturated carbocycles. The highest BCUT2D eigenvalue weighted by Gasteiger charge is 2.38. The lowest BCUT2D eigenvalue weighted by atomic mass is 10.0. The SMILES string of the molecule is N[C@@H](c1ccc(Br)cc1O)C(F)(F)CO. The molecule has 0 heterocycles. The van der Waals surface area contributed by atoms with Crippen LogP contribution < -0.4 is 5.73 Å². The lowest BCUT2D eigenvalue weighted by molar-refractivity contribution is -0.0715. The topological polar surface area (TPSA) is 66.5 Å². The van der Waals surface area contributed by atoms with Gasteiger partial charge in [-0.1, -0.05) is 22.0 Å². The number of nitrogens with two attached hydrogens (primary N) is 1. The largest absolute Gasteiger partial charge is 0.508 e. The standard InChI is InChI=1S/C9H10BrF2NO2/c10-5-1-2-6(7(15)3-5)8(13)9(11,12)4-14/h1-3,8,14-15H,4,13H2/t8-/m0/s1. The minimum Gasteiger partial charge on any atom is -0.508 e. The molecule has 0 spiro atoms. The molecule has 0 aliphatic rings. The van der Waals surface area contributed by atoms with E-state index in [-0.39, 0.29) is 11.3 Å². The predicted octanol–water partition coefficient (Wildman–Crippen LogP) is 1.78. The van der Waals surface area contributed by atoms with E-state index in [2.05, 4.69) is 15.9 Å². The Labute approximate surface area is 93.7 Å². The number of benzene rings is 1. The third-order valence-electron chi connectivity index (χ3n) is 1.99. The quantitative estimate of drug-likeness (QED) is 0.791. The maximum Gasteiger partial charge on any atom is 0.289 e. The summed E-state index contributed by atoms with van der Waals surface area (Å²) < 4.78 is 26.6. The molecule has 1 aromatic carbocycles. The van der Waals surface area contributed by atoms with E-state index in [1.54, 1.807) is 0 Å². The summed E-state index contributed by atoms with van der Waals surface area (Å²) in [5, 5.41) is 17.8. The first-order valence-electron chi connectivity index (χ1n) is 4.11. The van der Waals surface area contributed by atoms with Crippen LogP contribution >= 0.6 is 15.9 Å². The predicted molar refractivity (Wildman–Crippen MR) is 54.8 cm³/mol. The van der Waals surface area contributed by atoms with Gasteiger partial charge in [0, 0.05) is 10.0 Å². The van der Waals surface area contributed by atoms with Gasteiger partial charge in [0.15, 0.2) is 0 Å². The molecular weight excluding hydrogens is 272 g/mol. The van der Waals surface area contributed by atoms with Gasteiger partial charge in [-0.15, -0.1) is 0 Å². The number of aliphatic hydroxyl groups is 1. The average molecular weight is 282 g/mol. The van der Waals surface area contributed by atoms with Crippen molar-refractivity contribution in [2.45, 2.75) is 12.0 Å². The second kappa shape index (κ2) is 4.42. The molecule has 15 heavy (non-hydrogen) atoms. The summed E-state index contributed by atoms with van der Waals surface area (Å²) in [6.07, 6.45) is 0. The van der Waals surface area contributed by atoms with Gasteiger partial charge in [0.2, 0.25) is 0 Å². The van der Waals surface area contributed by atoms with Crippen molar-refractivity contribution in [3.8, 4) is 5.75 Å². The number of halogens is 3. The fourth-order valence-electron chi connectivity index (χ4n) is 1.11. The van der Waals surface area contributed by atoms with Gasteiger partial charge in [0.25, 0.3) is 5.92 Å². The Morgan fingerprint density at radius 2 is 2.07 bits per heavy atom. The highest BCUT2D eigenvalue weighted by molar-refractivity contribution is 9.10. The van der Waals surface area contributed by atoms with E-state index >= 15 is 0 Å². The molecule has 84 valence electrons. The van der Waals surface area contributed by atoms with E-state index in [0.29, 0.717) is 4.47 Å². The number of hydrogen-bond acceptors (Lipinski definition) is 3. The van der Waals surface area contributed by atoms with Crippen LogP contribution in [0.4, 0.5) is 8.78 Å². The molecule has 1 aromatic rings. The van der Waals surface area contributed by atoms with Crippen molar-refractivity contribution in [2.24, 2.45) is 5.73 Å². The Hall–Kier alpha value is -0.720. The molecule has 4 N–H and O–H groups in total. The van der Waals surface area contributed by atoms with Gasteiger partial charge in [-0.25, -0.2) is 8.78 Å². The van der Waals surface area contributed by atoms with Crippen LogP contribution in [0.1, 0.15) is 11.6 Å². The molecule has 0 aromatic heterocycles. The van der Waals surface area contributed by atoms with Crippen molar-refractivity contribution in [3.63, 3.8) is 0 Å². The third kappa shape index (κ3) is 2.64. The number of rotatable bonds is 3. The van der Waals surface area contributed by atoms with Gasteiger partial charge < -0.3 is 15.9 Å². The van der Waals surface area contributed by atoms with E-state index in [1.807, 2.05) is 0 Å². The monoisotopic (exact) mass is 281 g/mol. The minimum atomic E-state index is -3.45. The maximum absolute atomic E-state index is 13.0. The zero-order valence-corrected chi connectivity index (χ0v) is 9.21. The Kier molecular flexibility index (Phi) is 3.64. The van der Waals surface area contributed by atoms with Crippen molar-refractivity contribution in [1.82, 2.24) is 0 Å². The summed E-state index contributed by atoms with van der Waals surface area (Å²) >= 11 is 3.08. The smallest absolute Gasteiger partial charge is 0.289 e. The first kappa shape index (κ1) is 12.4. The molecule has 0 fully saturated rings. The van der Waals surface area contributed by atoms with Gasteiger partial charge in [-0.3, -0.25) is 0 Å². The average Bonchev–Trinajstić information content (AvgIpc) is 2.17. The Morgan fingerprint density at radius 1 is 1.47 bits per heavy atom.